The van der Waals surface area contributed by atoms with Gasteiger partial charge in [-0.25, -0.2) is 0 Å². The number of rotatable bonds is 10. The van der Waals surface area contributed by atoms with Crippen molar-refractivity contribution in [2.24, 2.45) is 4.99 Å². The van der Waals surface area contributed by atoms with Crippen LogP contribution in [0.2, 0.25) is 0 Å². The highest BCUT2D eigenvalue weighted by atomic mass is 16.5. The zero-order valence-corrected chi connectivity index (χ0v) is 16.7. The van der Waals surface area contributed by atoms with E-state index in [0.29, 0.717) is 19.6 Å². The molecule has 0 fully saturated rings. The van der Waals surface area contributed by atoms with Gasteiger partial charge in [0.05, 0.1) is 6.61 Å². The molecule has 0 saturated heterocycles. The monoisotopic (exact) mass is 382 g/mol. The number of hydrogen-bond acceptors (Lipinski definition) is 3. The predicted molar refractivity (Wildman–Crippen MR) is 115 cm³/mol. The van der Waals surface area contributed by atoms with E-state index in [2.05, 4.69) is 20.9 Å². The number of aliphatic imine (C=N–C) groups is 1. The summed E-state index contributed by atoms with van der Waals surface area (Å²) in [7, 11) is 1.75. The number of hydrogen-bond donors (Lipinski definition) is 3. The van der Waals surface area contributed by atoms with Gasteiger partial charge in [-0.2, -0.15) is 0 Å². The summed E-state index contributed by atoms with van der Waals surface area (Å²) in [4.78, 5) is 16.0. The van der Waals surface area contributed by atoms with E-state index in [1.807, 2.05) is 61.5 Å². The maximum atomic E-state index is 11.7. The van der Waals surface area contributed by atoms with Crippen molar-refractivity contribution >= 4 is 17.6 Å². The van der Waals surface area contributed by atoms with E-state index in [9.17, 15) is 4.79 Å². The van der Waals surface area contributed by atoms with Crippen LogP contribution >= 0.6 is 0 Å². The number of ether oxygens (including phenoxy) is 1. The first-order valence-corrected chi connectivity index (χ1v) is 9.72. The molecule has 0 unspecified atom stereocenters. The Balaban J connectivity index is 1.69. The van der Waals surface area contributed by atoms with Gasteiger partial charge in [0.25, 0.3) is 0 Å². The number of benzene rings is 2. The molecule has 150 valence electrons. The van der Waals surface area contributed by atoms with Crippen molar-refractivity contribution < 1.29 is 9.53 Å². The number of anilines is 1. The maximum Gasteiger partial charge on any atom is 0.224 e. The third kappa shape index (κ3) is 8.12. The molecule has 28 heavy (non-hydrogen) atoms. The molecule has 0 atom stereocenters. The molecule has 2 rings (SSSR count). The first-order valence-electron chi connectivity index (χ1n) is 9.72. The molecule has 1 amide bonds. The van der Waals surface area contributed by atoms with Gasteiger partial charge in [0.1, 0.15) is 5.75 Å². The predicted octanol–water partition coefficient (Wildman–Crippen LogP) is 3.56. The first kappa shape index (κ1) is 21.3. The molecule has 3 N–H and O–H groups in total. The summed E-state index contributed by atoms with van der Waals surface area (Å²) in [5, 5.41) is 9.48. The Morgan fingerprint density at radius 2 is 1.89 bits per heavy atom. The minimum Gasteiger partial charge on any atom is -0.494 e. The van der Waals surface area contributed by atoms with Crippen LogP contribution in [0.15, 0.2) is 59.6 Å². The van der Waals surface area contributed by atoms with Gasteiger partial charge in [-0.1, -0.05) is 37.3 Å². The second-order valence-electron chi connectivity index (χ2n) is 6.37. The molecule has 0 saturated carbocycles. The molecule has 0 radical (unpaired) electrons. The molecule has 2 aromatic carbocycles. The molecule has 0 aliphatic carbocycles. The third-order valence-corrected chi connectivity index (χ3v) is 4.00. The molecule has 6 heteroatoms. The summed E-state index contributed by atoms with van der Waals surface area (Å²) in [5.74, 6) is 1.67. The number of amides is 1. The summed E-state index contributed by atoms with van der Waals surface area (Å²) in [6.45, 7) is 4.02. The van der Waals surface area contributed by atoms with Crippen LogP contribution in [0.5, 0.6) is 5.75 Å². The second-order valence-corrected chi connectivity index (χ2v) is 6.37. The van der Waals surface area contributed by atoms with Crippen molar-refractivity contribution in [1.29, 1.82) is 0 Å². The van der Waals surface area contributed by atoms with Crippen LogP contribution < -0.4 is 20.7 Å². The van der Waals surface area contributed by atoms with Crippen LogP contribution in [-0.4, -0.2) is 32.1 Å². The van der Waals surface area contributed by atoms with Crippen molar-refractivity contribution in [2.75, 3.05) is 25.5 Å². The summed E-state index contributed by atoms with van der Waals surface area (Å²) < 4.78 is 5.68. The van der Waals surface area contributed by atoms with Crippen molar-refractivity contribution in [3.8, 4) is 5.75 Å². The maximum absolute atomic E-state index is 11.7. The molecular weight excluding hydrogens is 352 g/mol. The normalized spacial score (nSPS) is 11.0. The average molecular weight is 383 g/mol. The Kier molecular flexibility index (Phi) is 9.41. The van der Waals surface area contributed by atoms with E-state index >= 15 is 0 Å². The minimum absolute atomic E-state index is 0.0443. The zero-order valence-electron chi connectivity index (χ0n) is 16.7. The standard InChI is InChI=1S/C22H30N4O2/c1-3-9-21(27)26-19-11-7-10-18(16-19)17-25-22(23-2)24-14-8-15-28-20-12-5-4-6-13-20/h4-7,10-13,16H,3,8-9,14-15,17H2,1-2H3,(H,26,27)(H2,23,24,25). The fraction of sp³-hybridized carbons (Fsp3) is 0.364. The van der Waals surface area contributed by atoms with E-state index in [4.69, 9.17) is 4.74 Å². The fourth-order valence-corrected chi connectivity index (χ4v) is 2.60. The van der Waals surface area contributed by atoms with Crippen LogP contribution in [0.4, 0.5) is 5.69 Å². The van der Waals surface area contributed by atoms with Gasteiger partial charge < -0.3 is 20.7 Å². The fourth-order valence-electron chi connectivity index (χ4n) is 2.60. The minimum atomic E-state index is 0.0443. The highest BCUT2D eigenvalue weighted by Gasteiger charge is 2.03. The Hall–Kier alpha value is -3.02. The first-order chi connectivity index (χ1) is 13.7. The van der Waals surface area contributed by atoms with E-state index in [-0.39, 0.29) is 5.91 Å². The van der Waals surface area contributed by atoms with E-state index in [0.717, 1.165) is 42.3 Å². The van der Waals surface area contributed by atoms with Gasteiger partial charge >= 0.3 is 0 Å². The van der Waals surface area contributed by atoms with Gasteiger partial charge in [0, 0.05) is 32.2 Å². The molecule has 0 aromatic heterocycles. The number of nitrogens with zero attached hydrogens (tertiary/aromatic N) is 1. The van der Waals surface area contributed by atoms with E-state index < -0.39 is 0 Å². The van der Waals surface area contributed by atoms with Crippen LogP contribution in [0.1, 0.15) is 31.7 Å². The summed E-state index contributed by atoms with van der Waals surface area (Å²) in [5.41, 5.74) is 1.89. The summed E-state index contributed by atoms with van der Waals surface area (Å²) in [6, 6.07) is 17.6. The Labute approximate surface area is 167 Å². The number of nitrogens with one attached hydrogen (secondary N) is 3. The van der Waals surface area contributed by atoms with Crippen LogP contribution in [-0.2, 0) is 11.3 Å². The number of guanidine groups is 1. The quantitative estimate of drug-likeness (QED) is 0.334. The van der Waals surface area contributed by atoms with Gasteiger partial charge in [0.15, 0.2) is 5.96 Å². The van der Waals surface area contributed by atoms with Crippen molar-refractivity contribution in [2.45, 2.75) is 32.7 Å². The largest absolute Gasteiger partial charge is 0.494 e. The molecule has 0 spiro atoms. The Bertz CT molecular complexity index is 747. The lowest BCUT2D eigenvalue weighted by molar-refractivity contribution is -0.116. The summed E-state index contributed by atoms with van der Waals surface area (Å²) >= 11 is 0. The summed E-state index contributed by atoms with van der Waals surface area (Å²) in [6.07, 6.45) is 2.24. The smallest absolute Gasteiger partial charge is 0.224 e. The molecular formula is C22H30N4O2. The number of carbonyl (C=O) groups is 1. The molecule has 6 nitrogen and oxygen atoms in total. The molecule has 0 bridgehead atoms. The SMILES string of the molecule is CCCC(=O)Nc1cccc(CNC(=NC)NCCCOc2ccccc2)c1. The van der Waals surface area contributed by atoms with Crippen LogP contribution in [0, 0.1) is 0 Å². The lowest BCUT2D eigenvalue weighted by Crippen LogP contribution is -2.37. The molecule has 2 aromatic rings. The topological polar surface area (TPSA) is 74.8 Å². The second kappa shape index (κ2) is 12.4. The third-order valence-electron chi connectivity index (χ3n) is 4.00. The Morgan fingerprint density at radius 3 is 2.64 bits per heavy atom. The van der Waals surface area contributed by atoms with Gasteiger partial charge in [-0.15, -0.1) is 0 Å². The van der Waals surface area contributed by atoms with Crippen molar-refractivity contribution in [3.05, 3.63) is 60.2 Å². The number of para-hydroxylation sites is 1. The average Bonchev–Trinajstić information content (AvgIpc) is 2.71. The lowest BCUT2D eigenvalue weighted by Gasteiger charge is -2.13. The Morgan fingerprint density at radius 1 is 1.07 bits per heavy atom. The zero-order chi connectivity index (χ0) is 20.0. The van der Waals surface area contributed by atoms with E-state index in [1.54, 1.807) is 7.05 Å². The van der Waals surface area contributed by atoms with Gasteiger partial charge in [0.2, 0.25) is 5.91 Å². The molecule has 0 heterocycles. The highest BCUT2D eigenvalue weighted by Crippen LogP contribution is 2.11. The lowest BCUT2D eigenvalue weighted by atomic mass is 10.2. The van der Waals surface area contributed by atoms with Crippen LogP contribution in [0.25, 0.3) is 0 Å². The van der Waals surface area contributed by atoms with E-state index in [1.165, 1.54) is 0 Å². The van der Waals surface area contributed by atoms with Crippen molar-refractivity contribution in [3.63, 3.8) is 0 Å². The molecule has 0 aliphatic heterocycles. The van der Waals surface area contributed by atoms with Gasteiger partial charge in [-0.05, 0) is 42.7 Å². The van der Waals surface area contributed by atoms with Gasteiger partial charge in [-0.3, -0.25) is 9.79 Å². The number of carbonyl (C=O) groups excluding carboxylic acids is 1. The molecule has 0 aliphatic rings. The highest BCUT2D eigenvalue weighted by molar-refractivity contribution is 5.90. The van der Waals surface area contributed by atoms with Crippen molar-refractivity contribution in [1.82, 2.24) is 10.6 Å². The van der Waals surface area contributed by atoms with Crippen LogP contribution in [0.3, 0.4) is 0 Å².